The van der Waals surface area contributed by atoms with Crippen LogP contribution in [0.1, 0.15) is 46.0 Å². The zero-order chi connectivity index (χ0) is 11.1. The van der Waals surface area contributed by atoms with E-state index in [1.54, 1.807) is 0 Å². The first-order valence-electron chi connectivity index (χ1n) is 6.59. The van der Waals surface area contributed by atoms with Crippen molar-refractivity contribution >= 4 is 0 Å². The minimum Gasteiger partial charge on any atom is -0.396 e. The second-order valence-corrected chi connectivity index (χ2v) is 5.19. The van der Waals surface area contributed by atoms with Crippen LogP contribution < -0.4 is 5.32 Å². The summed E-state index contributed by atoms with van der Waals surface area (Å²) in [6.45, 7) is 7.20. The third-order valence-electron chi connectivity index (χ3n) is 3.73. The van der Waals surface area contributed by atoms with Crippen LogP contribution in [0.15, 0.2) is 0 Å². The van der Waals surface area contributed by atoms with Crippen LogP contribution in [0, 0.1) is 17.8 Å². The Morgan fingerprint density at radius 2 is 2.07 bits per heavy atom. The summed E-state index contributed by atoms with van der Waals surface area (Å²) in [5.74, 6) is 2.09. The van der Waals surface area contributed by atoms with E-state index in [-0.39, 0.29) is 0 Å². The van der Waals surface area contributed by atoms with Crippen molar-refractivity contribution in [2.24, 2.45) is 17.8 Å². The van der Waals surface area contributed by atoms with Crippen LogP contribution in [0.5, 0.6) is 0 Å². The van der Waals surface area contributed by atoms with Gasteiger partial charge in [-0.15, -0.1) is 0 Å². The largest absolute Gasteiger partial charge is 0.396 e. The van der Waals surface area contributed by atoms with E-state index in [4.69, 9.17) is 0 Å². The standard InChI is InChI=1S/C13H27NO/c1-3-5-11(2)8-14-9-12-6-4-7-13(12)10-15/h11-15H,3-10H2,1-2H3. The topological polar surface area (TPSA) is 32.3 Å². The third kappa shape index (κ3) is 4.52. The summed E-state index contributed by atoms with van der Waals surface area (Å²) in [6, 6.07) is 0. The molecule has 0 aromatic heterocycles. The normalized spacial score (nSPS) is 28.2. The first-order valence-corrected chi connectivity index (χ1v) is 6.59. The Bertz CT molecular complexity index is 161. The number of aliphatic hydroxyl groups is 1. The lowest BCUT2D eigenvalue weighted by Gasteiger charge is -2.19. The Labute approximate surface area is 94.5 Å². The highest BCUT2D eigenvalue weighted by molar-refractivity contribution is 4.78. The van der Waals surface area contributed by atoms with Crippen molar-refractivity contribution in [3.05, 3.63) is 0 Å². The molecule has 1 fully saturated rings. The summed E-state index contributed by atoms with van der Waals surface area (Å²) in [5.41, 5.74) is 0. The van der Waals surface area contributed by atoms with Crippen molar-refractivity contribution in [2.45, 2.75) is 46.0 Å². The fraction of sp³-hybridized carbons (Fsp3) is 1.00. The lowest BCUT2D eigenvalue weighted by molar-refractivity contribution is 0.191. The predicted molar refractivity (Wildman–Crippen MR) is 64.9 cm³/mol. The molecule has 0 aromatic carbocycles. The molecule has 90 valence electrons. The Morgan fingerprint density at radius 3 is 2.73 bits per heavy atom. The number of hydrogen-bond donors (Lipinski definition) is 2. The minimum absolute atomic E-state index is 0.386. The van der Waals surface area contributed by atoms with E-state index in [1.165, 1.54) is 32.1 Å². The van der Waals surface area contributed by atoms with Crippen molar-refractivity contribution in [3.8, 4) is 0 Å². The number of hydrogen-bond acceptors (Lipinski definition) is 2. The van der Waals surface area contributed by atoms with Gasteiger partial charge in [-0.05, 0) is 50.1 Å². The highest BCUT2D eigenvalue weighted by atomic mass is 16.3. The quantitative estimate of drug-likeness (QED) is 0.681. The average molecular weight is 213 g/mol. The Kier molecular flexibility index (Phi) is 6.26. The lowest BCUT2D eigenvalue weighted by atomic mass is 9.96. The summed E-state index contributed by atoms with van der Waals surface area (Å²) < 4.78 is 0. The van der Waals surface area contributed by atoms with E-state index in [9.17, 15) is 5.11 Å². The molecule has 2 nitrogen and oxygen atoms in total. The molecule has 3 atom stereocenters. The van der Waals surface area contributed by atoms with Crippen LogP contribution in [0.4, 0.5) is 0 Å². The maximum atomic E-state index is 9.20. The molecule has 15 heavy (non-hydrogen) atoms. The molecule has 0 aromatic rings. The summed E-state index contributed by atoms with van der Waals surface area (Å²) in [4.78, 5) is 0. The highest BCUT2D eigenvalue weighted by Crippen LogP contribution is 2.30. The van der Waals surface area contributed by atoms with E-state index >= 15 is 0 Å². The highest BCUT2D eigenvalue weighted by Gasteiger charge is 2.25. The second kappa shape index (κ2) is 7.24. The molecular weight excluding hydrogens is 186 g/mol. The SMILES string of the molecule is CCCC(C)CNCC1CCCC1CO. The van der Waals surface area contributed by atoms with Gasteiger partial charge in [0.15, 0.2) is 0 Å². The minimum atomic E-state index is 0.386. The zero-order valence-corrected chi connectivity index (χ0v) is 10.3. The first-order chi connectivity index (χ1) is 7.27. The summed E-state index contributed by atoms with van der Waals surface area (Å²) >= 11 is 0. The maximum absolute atomic E-state index is 9.20. The Morgan fingerprint density at radius 1 is 1.33 bits per heavy atom. The zero-order valence-electron chi connectivity index (χ0n) is 10.3. The molecule has 0 spiro atoms. The van der Waals surface area contributed by atoms with Crippen LogP contribution in [0.25, 0.3) is 0 Å². The van der Waals surface area contributed by atoms with Crippen molar-refractivity contribution < 1.29 is 5.11 Å². The van der Waals surface area contributed by atoms with Gasteiger partial charge in [-0.2, -0.15) is 0 Å². The fourth-order valence-corrected chi connectivity index (χ4v) is 2.73. The van der Waals surface area contributed by atoms with Crippen LogP contribution >= 0.6 is 0 Å². The molecule has 1 aliphatic rings. The van der Waals surface area contributed by atoms with E-state index < -0.39 is 0 Å². The van der Waals surface area contributed by atoms with Gasteiger partial charge < -0.3 is 10.4 Å². The molecule has 0 aliphatic heterocycles. The molecule has 0 amide bonds. The van der Waals surface area contributed by atoms with E-state index in [0.717, 1.165) is 24.9 Å². The summed E-state index contributed by atoms with van der Waals surface area (Å²) in [5, 5.41) is 12.8. The van der Waals surface area contributed by atoms with Crippen molar-refractivity contribution in [1.82, 2.24) is 5.32 Å². The number of rotatable bonds is 7. The molecule has 0 saturated heterocycles. The molecule has 3 unspecified atom stereocenters. The van der Waals surface area contributed by atoms with Gasteiger partial charge in [-0.1, -0.05) is 26.7 Å². The smallest absolute Gasteiger partial charge is 0.0462 e. The molecule has 1 saturated carbocycles. The van der Waals surface area contributed by atoms with Crippen LogP contribution in [-0.2, 0) is 0 Å². The van der Waals surface area contributed by atoms with Gasteiger partial charge in [0, 0.05) is 6.61 Å². The number of aliphatic hydroxyl groups excluding tert-OH is 1. The first kappa shape index (κ1) is 13.0. The van der Waals surface area contributed by atoms with Crippen molar-refractivity contribution in [3.63, 3.8) is 0 Å². The van der Waals surface area contributed by atoms with Crippen LogP contribution in [0.2, 0.25) is 0 Å². The fourth-order valence-electron chi connectivity index (χ4n) is 2.73. The molecule has 2 heteroatoms. The number of nitrogens with one attached hydrogen (secondary N) is 1. The van der Waals surface area contributed by atoms with E-state index in [0.29, 0.717) is 12.5 Å². The summed E-state index contributed by atoms with van der Waals surface area (Å²) in [6.07, 6.45) is 6.45. The monoisotopic (exact) mass is 213 g/mol. The second-order valence-electron chi connectivity index (χ2n) is 5.19. The molecule has 2 N–H and O–H groups in total. The van der Waals surface area contributed by atoms with Crippen molar-refractivity contribution in [1.29, 1.82) is 0 Å². The Hall–Kier alpha value is -0.0800. The Balaban J connectivity index is 2.08. The summed E-state index contributed by atoms with van der Waals surface area (Å²) in [7, 11) is 0. The van der Waals surface area contributed by atoms with E-state index in [2.05, 4.69) is 19.2 Å². The third-order valence-corrected chi connectivity index (χ3v) is 3.73. The van der Waals surface area contributed by atoms with Gasteiger partial charge >= 0.3 is 0 Å². The van der Waals surface area contributed by atoms with E-state index in [1.807, 2.05) is 0 Å². The molecular formula is C13H27NO. The van der Waals surface area contributed by atoms with Gasteiger partial charge in [0.2, 0.25) is 0 Å². The van der Waals surface area contributed by atoms with Crippen LogP contribution in [-0.4, -0.2) is 24.8 Å². The predicted octanol–water partition coefficient (Wildman–Crippen LogP) is 2.42. The maximum Gasteiger partial charge on any atom is 0.0462 e. The lowest BCUT2D eigenvalue weighted by Crippen LogP contribution is -2.29. The van der Waals surface area contributed by atoms with Gasteiger partial charge in [0.05, 0.1) is 0 Å². The average Bonchev–Trinajstić information content (AvgIpc) is 2.66. The van der Waals surface area contributed by atoms with Gasteiger partial charge in [0.25, 0.3) is 0 Å². The molecule has 1 aliphatic carbocycles. The molecule has 0 heterocycles. The van der Waals surface area contributed by atoms with Gasteiger partial charge in [0.1, 0.15) is 0 Å². The molecule has 0 bridgehead atoms. The molecule has 0 radical (unpaired) electrons. The van der Waals surface area contributed by atoms with Gasteiger partial charge in [-0.3, -0.25) is 0 Å². The van der Waals surface area contributed by atoms with Crippen LogP contribution in [0.3, 0.4) is 0 Å². The van der Waals surface area contributed by atoms with Crippen molar-refractivity contribution in [2.75, 3.05) is 19.7 Å². The van der Waals surface area contributed by atoms with Gasteiger partial charge in [-0.25, -0.2) is 0 Å². The molecule has 1 rings (SSSR count).